The Labute approximate surface area is 186 Å². The van der Waals surface area contributed by atoms with Crippen LogP contribution in [0.1, 0.15) is 50.9 Å². The molecule has 0 spiro atoms. The van der Waals surface area contributed by atoms with Crippen LogP contribution in [0.15, 0.2) is 48.5 Å². The Morgan fingerprint density at radius 1 is 0.968 bits per heavy atom. The van der Waals surface area contributed by atoms with Gasteiger partial charge in [0.1, 0.15) is 5.75 Å². The Hall–Kier alpha value is -3.02. The number of ether oxygens (including phenoxy) is 1. The molecule has 0 radical (unpaired) electrons. The third kappa shape index (κ3) is 7.96. The molecule has 0 aliphatic heterocycles. The number of nitrogens with one attached hydrogen (secondary N) is 2. The lowest BCUT2D eigenvalue weighted by atomic mass is 10.1. The molecule has 6 heteroatoms. The molecule has 0 fully saturated rings. The Kier molecular flexibility index (Phi) is 9.88. The number of anilines is 2. The van der Waals surface area contributed by atoms with E-state index in [1.54, 1.807) is 12.1 Å². The van der Waals surface area contributed by atoms with Gasteiger partial charge in [0.15, 0.2) is 0 Å². The number of carbonyl (C=O) groups excluding carboxylic acids is 2. The molecule has 0 unspecified atom stereocenters. The van der Waals surface area contributed by atoms with Crippen molar-refractivity contribution in [1.29, 1.82) is 0 Å². The van der Waals surface area contributed by atoms with Crippen LogP contribution in [0.4, 0.5) is 11.4 Å². The summed E-state index contributed by atoms with van der Waals surface area (Å²) >= 11 is 0. The smallest absolute Gasteiger partial charge is 0.253 e. The summed E-state index contributed by atoms with van der Waals surface area (Å²) in [6.45, 7) is 10.5. The van der Waals surface area contributed by atoms with Crippen molar-refractivity contribution in [3.05, 3.63) is 54.1 Å². The van der Waals surface area contributed by atoms with Crippen LogP contribution < -0.4 is 15.4 Å². The molecule has 2 N–H and O–H groups in total. The molecule has 2 amide bonds. The van der Waals surface area contributed by atoms with Gasteiger partial charge in [0, 0.05) is 24.3 Å². The Balaban J connectivity index is 1.91. The fraction of sp³-hybridized carbons (Fsp3) is 0.440. The summed E-state index contributed by atoms with van der Waals surface area (Å²) in [6.07, 6.45) is 1.87. The Morgan fingerprint density at radius 2 is 1.61 bits per heavy atom. The molecule has 0 aromatic heterocycles. The van der Waals surface area contributed by atoms with Crippen molar-refractivity contribution < 1.29 is 14.3 Å². The largest absolute Gasteiger partial charge is 0.491 e. The van der Waals surface area contributed by atoms with Crippen LogP contribution in [-0.2, 0) is 4.79 Å². The molecule has 0 heterocycles. The quantitative estimate of drug-likeness (QED) is 0.500. The van der Waals surface area contributed by atoms with Gasteiger partial charge in [0.25, 0.3) is 5.91 Å². The van der Waals surface area contributed by atoms with Crippen LogP contribution in [0.3, 0.4) is 0 Å². The molecular formula is C25H35N3O3. The van der Waals surface area contributed by atoms with Crippen LogP contribution in [0.5, 0.6) is 5.75 Å². The van der Waals surface area contributed by atoms with E-state index in [1.807, 2.05) is 41.3 Å². The number of rotatable bonds is 12. The molecule has 2 aromatic rings. The van der Waals surface area contributed by atoms with Crippen molar-refractivity contribution >= 4 is 23.2 Å². The molecule has 0 saturated carbocycles. The van der Waals surface area contributed by atoms with Crippen molar-refractivity contribution in [2.24, 2.45) is 5.92 Å². The molecule has 0 atom stereocenters. The maximum Gasteiger partial charge on any atom is 0.253 e. The lowest BCUT2D eigenvalue weighted by Gasteiger charge is -2.21. The van der Waals surface area contributed by atoms with E-state index < -0.39 is 0 Å². The highest BCUT2D eigenvalue weighted by Gasteiger charge is 2.14. The minimum Gasteiger partial charge on any atom is -0.491 e. The molecule has 0 aliphatic carbocycles. The predicted octanol–water partition coefficient (Wildman–Crippen LogP) is 5.03. The molecule has 0 aliphatic rings. The minimum absolute atomic E-state index is 0.0472. The van der Waals surface area contributed by atoms with E-state index in [-0.39, 0.29) is 18.4 Å². The number of amides is 2. The molecule has 6 nitrogen and oxygen atoms in total. The fourth-order valence-corrected chi connectivity index (χ4v) is 3.10. The van der Waals surface area contributed by atoms with Crippen LogP contribution >= 0.6 is 0 Å². The SMILES string of the molecule is CCCN(CCC)C(=O)c1ccc(NCC(=O)Nc2ccccc2OCC(C)C)cc1. The second-order valence-corrected chi connectivity index (χ2v) is 7.97. The van der Waals surface area contributed by atoms with Crippen LogP contribution in [0, 0.1) is 5.92 Å². The molecule has 0 bridgehead atoms. The zero-order chi connectivity index (χ0) is 22.6. The van der Waals surface area contributed by atoms with Gasteiger partial charge in [-0.25, -0.2) is 0 Å². The van der Waals surface area contributed by atoms with Gasteiger partial charge in [-0.05, 0) is 55.2 Å². The molecule has 168 valence electrons. The second kappa shape index (κ2) is 12.6. The first-order valence-corrected chi connectivity index (χ1v) is 11.1. The Morgan fingerprint density at radius 3 is 2.23 bits per heavy atom. The average molecular weight is 426 g/mol. The third-order valence-corrected chi connectivity index (χ3v) is 4.59. The van der Waals surface area contributed by atoms with Gasteiger partial charge < -0.3 is 20.3 Å². The summed E-state index contributed by atoms with van der Waals surface area (Å²) < 4.78 is 5.78. The topological polar surface area (TPSA) is 70.7 Å². The fourth-order valence-electron chi connectivity index (χ4n) is 3.10. The van der Waals surface area contributed by atoms with Gasteiger partial charge >= 0.3 is 0 Å². The molecular weight excluding hydrogens is 390 g/mol. The first-order valence-electron chi connectivity index (χ1n) is 11.1. The van der Waals surface area contributed by atoms with E-state index in [0.717, 1.165) is 31.6 Å². The molecule has 2 rings (SSSR count). The van der Waals surface area contributed by atoms with Gasteiger partial charge in [-0.3, -0.25) is 9.59 Å². The van der Waals surface area contributed by atoms with E-state index in [0.29, 0.717) is 29.5 Å². The number of nitrogens with zero attached hydrogens (tertiary/aromatic N) is 1. The summed E-state index contributed by atoms with van der Waals surface area (Å²) in [5.41, 5.74) is 2.10. The highest BCUT2D eigenvalue weighted by molar-refractivity contribution is 5.96. The first-order chi connectivity index (χ1) is 14.9. The predicted molar refractivity (Wildman–Crippen MR) is 127 cm³/mol. The van der Waals surface area contributed by atoms with Crippen LogP contribution in [0.2, 0.25) is 0 Å². The van der Waals surface area contributed by atoms with Crippen molar-refractivity contribution in [3.8, 4) is 5.75 Å². The number of benzene rings is 2. The van der Waals surface area contributed by atoms with Gasteiger partial charge in [0.2, 0.25) is 5.91 Å². The van der Waals surface area contributed by atoms with Gasteiger partial charge in [-0.1, -0.05) is 39.8 Å². The van der Waals surface area contributed by atoms with Crippen molar-refractivity contribution in [3.63, 3.8) is 0 Å². The van der Waals surface area contributed by atoms with Crippen molar-refractivity contribution in [2.75, 3.05) is 36.9 Å². The standard InChI is InChI=1S/C25H35N3O3/c1-5-15-28(16-6-2)25(30)20-11-13-21(14-12-20)26-17-24(29)27-22-9-7-8-10-23(22)31-18-19(3)4/h7-14,19,26H,5-6,15-18H2,1-4H3,(H,27,29). The molecule has 0 saturated heterocycles. The summed E-state index contributed by atoms with van der Waals surface area (Å²) in [4.78, 5) is 26.9. The van der Waals surface area contributed by atoms with Crippen molar-refractivity contribution in [1.82, 2.24) is 4.90 Å². The molecule has 31 heavy (non-hydrogen) atoms. The van der Waals surface area contributed by atoms with E-state index in [9.17, 15) is 9.59 Å². The maximum absolute atomic E-state index is 12.7. The normalized spacial score (nSPS) is 10.6. The summed E-state index contributed by atoms with van der Waals surface area (Å²) in [6, 6.07) is 14.7. The van der Waals surface area contributed by atoms with Gasteiger partial charge in [0.05, 0.1) is 18.8 Å². The maximum atomic E-state index is 12.7. The highest BCUT2D eigenvalue weighted by atomic mass is 16.5. The summed E-state index contributed by atoms with van der Waals surface area (Å²) in [5.74, 6) is 0.941. The first kappa shape index (κ1) is 24.3. The zero-order valence-electron chi connectivity index (χ0n) is 19.1. The monoisotopic (exact) mass is 425 g/mol. The number of carbonyl (C=O) groups is 2. The van der Waals surface area contributed by atoms with E-state index >= 15 is 0 Å². The van der Waals surface area contributed by atoms with Crippen molar-refractivity contribution in [2.45, 2.75) is 40.5 Å². The van der Waals surface area contributed by atoms with E-state index in [1.165, 1.54) is 0 Å². The van der Waals surface area contributed by atoms with Gasteiger partial charge in [-0.2, -0.15) is 0 Å². The van der Waals surface area contributed by atoms with E-state index in [2.05, 4.69) is 38.3 Å². The lowest BCUT2D eigenvalue weighted by molar-refractivity contribution is -0.114. The van der Waals surface area contributed by atoms with E-state index in [4.69, 9.17) is 4.74 Å². The zero-order valence-corrected chi connectivity index (χ0v) is 19.1. The molecule has 2 aromatic carbocycles. The third-order valence-electron chi connectivity index (χ3n) is 4.59. The lowest BCUT2D eigenvalue weighted by Crippen LogP contribution is -2.32. The number of para-hydroxylation sites is 2. The number of hydrogen-bond acceptors (Lipinski definition) is 4. The summed E-state index contributed by atoms with van der Waals surface area (Å²) in [5, 5.41) is 5.99. The summed E-state index contributed by atoms with van der Waals surface area (Å²) in [7, 11) is 0. The Bertz CT molecular complexity index is 828. The average Bonchev–Trinajstić information content (AvgIpc) is 2.77. The minimum atomic E-state index is -0.169. The van der Waals surface area contributed by atoms with Gasteiger partial charge in [-0.15, -0.1) is 0 Å². The number of hydrogen-bond donors (Lipinski definition) is 2. The highest BCUT2D eigenvalue weighted by Crippen LogP contribution is 2.24. The van der Waals surface area contributed by atoms with Crippen LogP contribution in [0.25, 0.3) is 0 Å². The second-order valence-electron chi connectivity index (χ2n) is 7.97. The van der Waals surface area contributed by atoms with Crippen LogP contribution in [-0.4, -0.2) is 43.0 Å².